The van der Waals surface area contributed by atoms with Crippen LogP contribution in [0.1, 0.15) is 56.0 Å². The molecule has 32 heavy (non-hydrogen) atoms. The highest BCUT2D eigenvalue weighted by Crippen LogP contribution is 2.31. The molecule has 3 aromatic rings. The average Bonchev–Trinajstić information content (AvgIpc) is 2.77. The third-order valence-corrected chi connectivity index (χ3v) is 5.68. The van der Waals surface area contributed by atoms with Crippen LogP contribution >= 0.6 is 0 Å². The van der Waals surface area contributed by atoms with Crippen molar-refractivity contribution in [3.63, 3.8) is 0 Å². The van der Waals surface area contributed by atoms with Crippen LogP contribution in [0.4, 0.5) is 0 Å². The van der Waals surface area contributed by atoms with Crippen molar-refractivity contribution in [2.45, 2.75) is 66.1 Å². The van der Waals surface area contributed by atoms with E-state index in [-0.39, 0.29) is 11.5 Å². The van der Waals surface area contributed by atoms with E-state index in [1.807, 2.05) is 19.1 Å². The molecule has 0 amide bonds. The third-order valence-electron chi connectivity index (χ3n) is 5.68. The Hall–Kier alpha value is -2.92. The number of hydrogen-bond donors (Lipinski definition) is 0. The maximum Gasteiger partial charge on any atom is 0.299 e. The average molecular weight is 434 g/mol. The number of hydrogen-bond acceptors (Lipinski definition) is 4. The van der Waals surface area contributed by atoms with E-state index >= 15 is 0 Å². The maximum atomic E-state index is 12.5. The lowest BCUT2D eigenvalue weighted by atomic mass is 9.90. The van der Waals surface area contributed by atoms with Gasteiger partial charge >= 0.3 is 0 Å². The van der Waals surface area contributed by atoms with E-state index < -0.39 is 0 Å². The lowest BCUT2D eigenvalue weighted by Crippen LogP contribution is -2.40. The third kappa shape index (κ3) is 5.86. The van der Waals surface area contributed by atoms with Gasteiger partial charge in [-0.3, -0.25) is 4.90 Å². The lowest BCUT2D eigenvalue weighted by Gasteiger charge is -2.30. The monoisotopic (exact) mass is 433 g/mol. The van der Waals surface area contributed by atoms with Gasteiger partial charge in [0.1, 0.15) is 12.3 Å². The summed E-state index contributed by atoms with van der Waals surface area (Å²) in [7, 11) is 0. The molecule has 0 spiro atoms. The summed E-state index contributed by atoms with van der Waals surface area (Å²) in [5.74, 6) is 1.05. The van der Waals surface area contributed by atoms with Gasteiger partial charge in [-0.2, -0.15) is 0 Å². The van der Waals surface area contributed by atoms with Gasteiger partial charge in [-0.15, -0.1) is 0 Å². The fourth-order valence-electron chi connectivity index (χ4n) is 3.76. The standard InChI is InChI=1S/C27H35N3O2/c1-20(19-32-25-21(2)30(31)22(3)28-26(25)27(4,5)6)29(17-23-13-9-7-10-14-23)18-24-15-11-8-12-16-24/h7-16,20H,17-19H2,1-6H3/t20-/m0/s1. The smallest absolute Gasteiger partial charge is 0.299 e. The Morgan fingerprint density at radius 3 is 1.91 bits per heavy atom. The summed E-state index contributed by atoms with van der Waals surface area (Å²) >= 11 is 0. The highest BCUT2D eigenvalue weighted by Gasteiger charge is 2.31. The first-order chi connectivity index (χ1) is 15.2. The molecule has 0 aliphatic heterocycles. The fraction of sp³-hybridized carbons (Fsp3) is 0.407. The largest absolute Gasteiger partial charge is 0.710 e. The summed E-state index contributed by atoms with van der Waals surface area (Å²) in [6, 6.07) is 21.1. The minimum Gasteiger partial charge on any atom is -0.710 e. The van der Waals surface area contributed by atoms with Crippen molar-refractivity contribution in [1.82, 2.24) is 9.88 Å². The zero-order chi connectivity index (χ0) is 23.3. The van der Waals surface area contributed by atoms with Gasteiger partial charge in [0.05, 0.1) is 0 Å². The molecule has 0 aliphatic carbocycles. The van der Waals surface area contributed by atoms with Gasteiger partial charge in [-0.25, -0.2) is 4.73 Å². The minimum atomic E-state index is -0.226. The topological polar surface area (TPSA) is 52.3 Å². The van der Waals surface area contributed by atoms with Crippen molar-refractivity contribution in [3.05, 3.63) is 94.2 Å². The molecule has 3 rings (SSSR count). The van der Waals surface area contributed by atoms with Crippen LogP contribution < -0.4 is 9.47 Å². The summed E-state index contributed by atoms with van der Waals surface area (Å²) in [5, 5.41) is 12.5. The second kappa shape index (κ2) is 10.1. The van der Waals surface area contributed by atoms with Crippen molar-refractivity contribution in [3.8, 4) is 5.75 Å². The first kappa shape index (κ1) is 23.7. The minimum absolute atomic E-state index is 0.129. The van der Waals surface area contributed by atoms with E-state index in [1.54, 1.807) is 6.92 Å². The summed E-state index contributed by atoms with van der Waals surface area (Å²) in [5.41, 5.74) is 3.68. The molecule has 1 aromatic heterocycles. The van der Waals surface area contributed by atoms with E-state index in [4.69, 9.17) is 4.74 Å². The molecule has 2 aromatic carbocycles. The normalized spacial score (nSPS) is 12.7. The van der Waals surface area contributed by atoms with Crippen LogP contribution in [0, 0.1) is 19.1 Å². The van der Waals surface area contributed by atoms with E-state index in [0.29, 0.717) is 23.9 Å². The Kier molecular flexibility index (Phi) is 7.52. The lowest BCUT2D eigenvalue weighted by molar-refractivity contribution is -0.623. The van der Waals surface area contributed by atoms with Crippen molar-refractivity contribution in [2.24, 2.45) is 0 Å². The molecule has 1 heterocycles. The molecule has 5 nitrogen and oxygen atoms in total. The Morgan fingerprint density at radius 2 is 1.44 bits per heavy atom. The molecule has 0 bridgehead atoms. The van der Waals surface area contributed by atoms with Crippen LogP contribution in [0.3, 0.4) is 0 Å². The molecular formula is C27H35N3O2. The van der Waals surface area contributed by atoms with Crippen molar-refractivity contribution >= 4 is 0 Å². The van der Waals surface area contributed by atoms with Crippen molar-refractivity contribution in [1.29, 1.82) is 0 Å². The SMILES string of the molecule is Cc1nc(C(C)(C)C)c(OC[C@H](C)N(Cc2ccccc2)Cc2ccccc2)c(C)[n+]1[O-]. The van der Waals surface area contributed by atoms with Crippen molar-refractivity contribution in [2.75, 3.05) is 6.61 Å². The van der Waals surface area contributed by atoms with Gasteiger partial charge < -0.3 is 9.94 Å². The molecular weight excluding hydrogens is 398 g/mol. The van der Waals surface area contributed by atoms with Crippen LogP contribution in [0.15, 0.2) is 60.7 Å². The molecule has 0 saturated carbocycles. The zero-order valence-electron chi connectivity index (χ0n) is 20.1. The van der Waals surface area contributed by atoms with Gasteiger partial charge in [0.25, 0.3) is 5.82 Å². The molecule has 0 radical (unpaired) electrons. The van der Waals surface area contributed by atoms with E-state index in [9.17, 15) is 5.21 Å². The Morgan fingerprint density at radius 1 is 0.938 bits per heavy atom. The second-order valence-electron chi connectivity index (χ2n) is 9.50. The number of benzene rings is 2. The number of rotatable bonds is 8. The van der Waals surface area contributed by atoms with Crippen LogP contribution in [0.5, 0.6) is 5.75 Å². The van der Waals surface area contributed by atoms with Crippen LogP contribution in [-0.2, 0) is 18.5 Å². The van der Waals surface area contributed by atoms with Gasteiger partial charge in [0, 0.05) is 38.4 Å². The molecule has 1 atom stereocenters. The van der Waals surface area contributed by atoms with E-state index in [0.717, 1.165) is 23.5 Å². The molecule has 5 heteroatoms. The number of ether oxygens (including phenoxy) is 1. The number of aromatic nitrogens is 2. The van der Waals surface area contributed by atoms with Crippen LogP contribution in [0.25, 0.3) is 0 Å². The molecule has 170 valence electrons. The summed E-state index contributed by atoms with van der Waals surface area (Å²) in [6.45, 7) is 14.1. The highest BCUT2D eigenvalue weighted by atomic mass is 16.5. The number of aryl methyl sites for hydroxylation is 1. The maximum absolute atomic E-state index is 12.5. The van der Waals surface area contributed by atoms with Gasteiger partial charge in [-0.05, 0) is 23.0 Å². The fourth-order valence-corrected chi connectivity index (χ4v) is 3.76. The summed E-state index contributed by atoms with van der Waals surface area (Å²) < 4.78 is 7.19. The van der Waals surface area contributed by atoms with E-state index in [1.165, 1.54) is 11.1 Å². The van der Waals surface area contributed by atoms with Crippen LogP contribution in [-0.4, -0.2) is 22.5 Å². The number of nitrogens with zero attached hydrogens (tertiary/aromatic N) is 3. The predicted octanol–water partition coefficient (Wildman–Crippen LogP) is 5.10. The van der Waals surface area contributed by atoms with E-state index in [2.05, 4.69) is 86.1 Å². The summed E-state index contributed by atoms with van der Waals surface area (Å²) in [4.78, 5) is 6.98. The molecule has 0 N–H and O–H groups in total. The quantitative estimate of drug-likeness (QED) is 0.366. The first-order valence-electron chi connectivity index (χ1n) is 11.2. The van der Waals surface area contributed by atoms with Crippen LogP contribution in [0.2, 0.25) is 0 Å². The highest BCUT2D eigenvalue weighted by molar-refractivity contribution is 5.34. The molecule has 0 saturated heterocycles. The summed E-state index contributed by atoms with van der Waals surface area (Å²) in [6.07, 6.45) is 0. The van der Waals surface area contributed by atoms with Gasteiger partial charge in [0.2, 0.25) is 11.4 Å². The Bertz CT molecular complexity index is 973. The Labute approximate surface area is 192 Å². The van der Waals surface area contributed by atoms with Gasteiger partial charge in [0.15, 0.2) is 0 Å². The predicted molar refractivity (Wildman–Crippen MR) is 128 cm³/mol. The molecule has 0 fully saturated rings. The second-order valence-corrected chi connectivity index (χ2v) is 9.50. The van der Waals surface area contributed by atoms with Gasteiger partial charge in [-0.1, -0.05) is 81.4 Å². The zero-order valence-corrected chi connectivity index (χ0v) is 20.1. The molecule has 0 aliphatic rings. The Balaban J connectivity index is 1.83. The molecule has 0 unspecified atom stereocenters. The van der Waals surface area contributed by atoms with Crippen molar-refractivity contribution < 1.29 is 9.47 Å². The first-order valence-corrected chi connectivity index (χ1v) is 11.2.